The lowest BCUT2D eigenvalue weighted by Crippen LogP contribution is -3.04. The van der Waals surface area contributed by atoms with Gasteiger partial charge in [0.15, 0.2) is 17.2 Å². The standard InChI is InChI=1S/C13H15N5O3/c1-20-12-6-9-10(7-13(12)21-2)18(19)17-11(9)8-15-4-3-5-16(15)14-17/h3-4,6-8,14,18H,5H2,1-2H3. The van der Waals surface area contributed by atoms with Crippen molar-refractivity contribution in [2.45, 2.75) is 6.54 Å². The minimum atomic E-state index is -0.108. The first-order valence-electron chi connectivity index (χ1n) is 6.54. The van der Waals surface area contributed by atoms with Crippen LogP contribution in [0.1, 0.15) is 0 Å². The first-order chi connectivity index (χ1) is 10.2. The van der Waals surface area contributed by atoms with Gasteiger partial charge in [-0.3, -0.25) is 4.68 Å². The van der Waals surface area contributed by atoms with Crippen LogP contribution >= 0.6 is 0 Å². The number of aromatic amines is 1. The van der Waals surface area contributed by atoms with Crippen molar-refractivity contribution in [1.82, 2.24) is 19.5 Å². The third kappa shape index (κ3) is 1.57. The fraction of sp³-hybridized carbons (Fsp3) is 0.231. The summed E-state index contributed by atoms with van der Waals surface area (Å²) in [6, 6.07) is 3.54. The summed E-state index contributed by atoms with van der Waals surface area (Å²) in [7, 11) is 3.14. The van der Waals surface area contributed by atoms with Crippen LogP contribution in [0.4, 0.5) is 5.69 Å². The summed E-state index contributed by atoms with van der Waals surface area (Å²) in [6.07, 6.45) is 5.86. The first kappa shape index (κ1) is 12.2. The van der Waals surface area contributed by atoms with Gasteiger partial charge < -0.3 is 14.7 Å². The monoisotopic (exact) mass is 289 g/mol. The second-order valence-electron chi connectivity index (χ2n) is 4.85. The lowest BCUT2D eigenvalue weighted by Gasteiger charge is -2.20. The molecule has 8 heteroatoms. The van der Waals surface area contributed by atoms with Crippen LogP contribution < -0.4 is 14.6 Å². The Hall–Kier alpha value is -2.58. The van der Waals surface area contributed by atoms with Crippen LogP contribution in [0.15, 0.2) is 24.4 Å². The minimum Gasteiger partial charge on any atom is -0.601 e. The topological polar surface area (TPSA) is 76.5 Å². The third-order valence-corrected chi connectivity index (χ3v) is 3.76. The molecule has 4 rings (SSSR count). The SMILES string of the molecule is COc1cc2c(cc1OC)[NH+]([O-])n1[nH]n3n(cc1-2)C=CC3. The van der Waals surface area contributed by atoms with Gasteiger partial charge >= 0.3 is 0 Å². The van der Waals surface area contributed by atoms with E-state index in [1.807, 2.05) is 34.0 Å². The summed E-state index contributed by atoms with van der Waals surface area (Å²) in [6.45, 7) is 0.705. The van der Waals surface area contributed by atoms with E-state index in [0.717, 1.165) is 11.3 Å². The molecule has 0 aliphatic carbocycles. The molecule has 8 nitrogen and oxygen atoms in total. The van der Waals surface area contributed by atoms with E-state index in [9.17, 15) is 5.21 Å². The molecule has 21 heavy (non-hydrogen) atoms. The molecule has 2 aromatic rings. The van der Waals surface area contributed by atoms with Crippen LogP contribution in [0.25, 0.3) is 17.5 Å². The second kappa shape index (κ2) is 4.21. The maximum atomic E-state index is 12.5. The number of allylic oxidation sites excluding steroid dienone is 1. The first-order valence-corrected chi connectivity index (χ1v) is 6.54. The Morgan fingerprint density at radius 2 is 2.00 bits per heavy atom. The molecule has 2 aliphatic heterocycles. The molecule has 0 saturated carbocycles. The zero-order valence-electron chi connectivity index (χ0n) is 11.7. The molecule has 0 amide bonds. The van der Waals surface area contributed by atoms with Gasteiger partial charge in [-0.2, -0.15) is 5.21 Å². The molecule has 1 aromatic heterocycles. The zero-order chi connectivity index (χ0) is 14.6. The van der Waals surface area contributed by atoms with Gasteiger partial charge in [0.25, 0.3) is 0 Å². The molecule has 1 aromatic carbocycles. The van der Waals surface area contributed by atoms with E-state index in [1.54, 1.807) is 20.3 Å². The Kier molecular flexibility index (Phi) is 2.44. The highest BCUT2D eigenvalue weighted by Gasteiger charge is 2.29. The summed E-state index contributed by atoms with van der Waals surface area (Å²) < 4.78 is 12.5. The maximum Gasteiger partial charge on any atom is 0.171 e. The fourth-order valence-corrected chi connectivity index (χ4v) is 2.72. The Bertz CT molecular complexity index is 790. The molecule has 0 fully saturated rings. The van der Waals surface area contributed by atoms with E-state index in [1.165, 1.54) is 4.79 Å². The molecule has 1 unspecified atom stereocenters. The quantitative estimate of drug-likeness (QED) is 0.791. The number of fused-ring (bicyclic) bond motifs is 4. The van der Waals surface area contributed by atoms with Crippen molar-refractivity contribution >= 4 is 11.9 Å². The van der Waals surface area contributed by atoms with E-state index in [2.05, 4.69) is 5.21 Å². The molecule has 0 bridgehead atoms. The van der Waals surface area contributed by atoms with Crippen molar-refractivity contribution in [3.05, 3.63) is 29.6 Å². The number of hydrogen-bond donors (Lipinski definition) is 2. The van der Waals surface area contributed by atoms with Gasteiger partial charge in [0, 0.05) is 12.3 Å². The van der Waals surface area contributed by atoms with E-state index in [0.29, 0.717) is 23.7 Å². The number of hydrogen-bond acceptors (Lipinski definition) is 3. The normalized spacial score (nSPS) is 17.4. The van der Waals surface area contributed by atoms with Gasteiger partial charge in [0.05, 0.1) is 32.5 Å². The van der Waals surface area contributed by atoms with Gasteiger partial charge in [-0.25, -0.2) is 9.97 Å². The summed E-state index contributed by atoms with van der Waals surface area (Å²) in [4.78, 5) is 3.37. The summed E-state index contributed by atoms with van der Waals surface area (Å²) >= 11 is 0. The van der Waals surface area contributed by atoms with Crippen LogP contribution in [-0.4, -0.2) is 33.7 Å². The van der Waals surface area contributed by atoms with Crippen LogP contribution in [0, 0.1) is 5.21 Å². The average molecular weight is 289 g/mol. The molecule has 0 radical (unpaired) electrons. The lowest BCUT2D eigenvalue weighted by atomic mass is 10.1. The van der Waals surface area contributed by atoms with Gasteiger partial charge in [-0.15, -0.1) is 4.79 Å². The molecule has 1 atom stereocenters. The minimum absolute atomic E-state index is 0.108. The number of H-pyrrole nitrogens is 1. The van der Waals surface area contributed by atoms with E-state index in [-0.39, 0.29) is 5.17 Å². The zero-order valence-corrected chi connectivity index (χ0v) is 11.7. The number of nitrogens with one attached hydrogen (secondary N) is 2. The van der Waals surface area contributed by atoms with Crippen molar-refractivity contribution in [3.63, 3.8) is 0 Å². The molecule has 0 saturated heterocycles. The molecule has 2 N–H and O–H groups in total. The molecule has 3 heterocycles. The highest BCUT2D eigenvalue weighted by atomic mass is 16.6. The molecule has 110 valence electrons. The van der Waals surface area contributed by atoms with Gasteiger partial charge in [-0.1, -0.05) is 0 Å². The molecule has 0 spiro atoms. The average Bonchev–Trinajstić information content (AvgIpc) is 3.07. The van der Waals surface area contributed by atoms with Crippen molar-refractivity contribution in [1.29, 1.82) is 0 Å². The fourth-order valence-electron chi connectivity index (χ4n) is 2.72. The van der Waals surface area contributed by atoms with Crippen molar-refractivity contribution in [2.24, 2.45) is 0 Å². The lowest BCUT2D eigenvalue weighted by molar-refractivity contribution is -0.830. The number of benzene rings is 1. The number of ether oxygens (including phenoxy) is 2. The summed E-state index contributed by atoms with van der Waals surface area (Å²) in [5.41, 5.74) is 2.21. The highest BCUT2D eigenvalue weighted by molar-refractivity contribution is 5.76. The highest BCUT2D eigenvalue weighted by Crippen LogP contribution is 2.38. The predicted octanol–water partition coefficient (Wildman–Crippen LogP) is 0.503. The largest absolute Gasteiger partial charge is 0.601 e. The van der Waals surface area contributed by atoms with Crippen LogP contribution in [0.3, 0.4) is 0 Å². The Morgan fingerprint density at radius 3 is 2.76 bits per heavy atom. The maximum absolute atomic E-state index is 12.5. The van der Waals surface area contributed by atoms with Gasteiger partial charge in [0.2, 0.25) is 0 Å². The number of methoxy groups -OCH3 is 2. The van der Waals surface area contributed by atoms with Crippen molar-refractivity contribution in [2.75, 3.05) is 14.2 Å². The Balaban J connectivity index is 1.97. The number of nitrogens with zero attached hydrogens (tertiary/aromatic N) is 3. The second-order valence-corrected chi connectivity index (χ2v) is 4.85. The summed E-state index contributed by atoms with van der Waals surface area (Å²) in [5.74, 6) is 1.15. The van der Waals surface area contributed by atoms with E-state index >= 15 is 0 Å². The number of aromatic nitrogens is 4. The molecular weight excluding hydrogens is 274 g/mol. The van der Waals surface area contributed by atoms with Crippen LogP contribution in [0.5, 0.6) is 11.5 Å². The van der Waals surface area contributed by atoms with Crippen LogP contribution in [-0.2, 0) is 6.54 Å². The van der Waals surface area contributed by atoms with E-state index in [4.69, 9.17) is 9.47 Å². The summed E-state index contributed by atoms with van der Waals surface area (Å²) in [5, 5.41) is 15.5. The van der Waals surface area contributed by atoms with Crippen molar-refractivity contribution < 1.29 is 14.6 Å². The van der Waals surface area contributed by atoms with Gasteiger partial charge in [-0.05, 0) is 12.1 Å². The Labute approximate surface area is 120 Å². The number of rotatable bonds is 2. The predicted molar refractivity (Wildman–Crippen MR) is 75.6 cm³/mol. The smallest absolute Gasteiger partial charge is 0.171 e. The molecular formula is C13H15N5O3. The molecule has 2 aliphatic rings. The Morgan fingerprint density at radius 1 is 1.24 bits per heavy atom. The van der Waals surface area contributed by atoms with Crippen LogP contribution in [0.2, 0.25) is 0 Å². The number of quaternary nitrogens is 1. The van der Waals surface area contributed by atoms with E-state index < -0.39 is 0 Å². The van der Waals surface area contributed by atoms with Crippen molar-refractivity contribution in [3.8, 4) is 22.8 Å². The third-order valence-electron chi connectivity index (χ3n) is 3.76. The van der Waals surface area contributed by atoms with Gasteiger partial charge in [0.1, 0.15) is 5.69 Å².